The highest BCUT2D eigenvalue weighted by Gasteiger charge is 2.20. The fourth-order valence-corrected chi connectivity index (χ4v) is 3.88. The van der Waals surface area contributed by atoms with E-state index >= 15 is 0 Å². The van der Waals surface area contributed by atoms with Gasteiger partial charge in [0.2, 0.25) is 0 Å². The summed E-state index contributed by atoms with van der Waals surface area (Å²) in [6.07, 6.45) is 6.09. The minimum atomic E-state index is -0.235. The number of hydrogen-bond acceptors (Lipinski definition) is 3. The lowest BCUT2D eigenvalue weighted by Gasteiger charge is -2.32. The second kappa shape index (κ2) is 8.45. The molecule has 0 radical (unpaired) electrons. The van der Waals surface area contributed by atoms with E-state index in [2.05, 4.69) is 34.2 Å². The molecular weight excluding hydrogens is 353 g/mol. The first-order valence-electron chi connectivity index (χ1n) is 9.86. The molecule has 4 nitrogen and oxygen atoms in total. The lowest BCUT2D eigenvalue weighted by atomic mass is 10.0. The Morgan fingerprint density at radius 2 is 1.93 bits per heavy atom. The number of ether oxygens (including phenoxy) is 1. The Hall–Kier alpha value is -2.84. The van der Waals surface area contributed by atoms with Gasteiger partial charge in [-0.15, -0.1) is 0 Å². The van der Waals surface area contributed by atoms with Crippen molar-refractivity contribution >= 4 is 10.9 Å². The Morgan fingerprint density at radius 3 is 2.68 bits per heavy atom. The van der Waals surface area contributed by atoms with E-state index in [9.17, 15) is 9.65 Å². The van der Waals surface area contributed by atoms with E-state index in [1.807, 2.05) is 0 Å². The molecule has 1 saturated heterocycles. The molecule has 0 amide bonds. The lowest BCUT2D eigenvalue weighted by Crippen LogP contribution is -2.38. The maximum absolute atomic E-state index is 13.0. The number of aromatic nitrogens is 1. The lowest BCUT2D eigenvalue weighted by molar-refractivity contribution is 0.0999. The predicted molar refractivity (Wildman–Crippen MR) is 108 cm³/mol. The summed E-state index contributed by atoms with van der Waals surface area (Å²) in [4.78, 5) is 5.62. The summed E-state index contributed by atoms with van der Waals surface area (Å²) in [5, 5.41) is 10.2. The van der Waals surface area contributed by atoms with Crippen molar-refractivity contribution in [2.75, 3.05) is 19.6 Å². The van der Waals surface area contributed by atoms with Crippen LogP contribution in [0.15, 0.2) is 48.7 Å². The van der Waals surface area contributed by atoms with Gasteiger partial charge in [-0.25, -0.2) is 4.39 Å². The van der Waals surface area contributed by atoms with Crippen molar-refractivity contribution in [3.05, 3.63) is 65.6 Å². The third-order valence-electron chi connectivity index (χ3n) is 5.46. The molecule has 0 bridgehead atoms. The van der Waals surface area contributed by atoms with Crippen molar-refractivity contribution < 1.29 is 9.13 Å². The number of fused-ring (bicyclic) bond motifs is 1. The molecule has 4 rings (SSSR count). The highest BCUT2D eigenvalue weighted by atomic mass is 19.1. The smallest absolute Gasteiger partial charge is 0.123 e. The largest absolute Gasteiger partial charge is 0.490 e. The molecule has 0 aliphatic carbocycles. The molecule has 1 fully saturated rings. The molecule has 1 aliphatic rings. The fourth-order valence-electron chi connectivity index (χ4n) is 3.88. The number of halogens is 1. The first kappa shape index (κ1) is 18.5. The normalized spacial score (nSPS) is 15.6. The standard InChI is InChI=1S/C23H24FN3O/c24-19-4-6-20(7-5-19)28-21-9-12-27(13-10-21)11-1-2-17-3-8-23-22(14-17)18(15-25)16-26-23/h3-8,14,16,21,26H,1-2,9-13H2. The van der Waals surface area contributed by atoms with Gasteiger partial charge in [-0.05, 0) is 74.2 Å². The van der Waals surface area contributed by atoms with E-state index in [1.165, 1.54) is 17.7 Å². The Labute approximate surface area is 164 Å². The highest BCUT2D eigenvalue weighted by Crippen LogP contribution is 2.21. The Bertz CT molecular complexity index is 966. The zero-order valence-electron chi connectivity index (χ0n) is 15.8. The Morgan fingerprint density at radius 1 is 1.14 bits per heavy atom. The predicted octanol–water partition coefficient (Wildman–Crippen LogP) is 4.65. The van der Waals surface area contributed by atoms with Crippen molar-refractivity contribution in [1.82, 2.24) is 9.88 Å². The number of piperidine rings is 1. The zero-order chi connectivity index (χ0) is 19.3. The van der Waals surface area contributed by atoms with Crippen LogP contribution in [0.3, 0.4) is 0 Å². The third kappa shape index (κ3) is 4.35. The number of hydrogen-bond donors (Lipinski definition) is 1. The van der Waals surface area contributed by atoms with E-state index in [-0.39, 0.29) is 11.9 Å². The summed E-state index contributed by atoms with van der Waals surface area (Å²) in [6.45, 7) is 3.13. The van der Waals surface area contributed by atoms with Crippen LogP contribution in [0, 0.1) is 17.1 Å². The molecule has 0 atom stereocenters. The van der Waals surface area contributed by atoms with Crippen LogP contribution in [-0.2, 0) is 6.42 Å². The minimum Gasteiger partial charge on any atom is -0.490 e. The number of aryl methyl sites for hydroxylation is 1. The van der Waals surface area contributed by atoms with Crippen molar-refractivity contribution in [2.24, 2.45) is 0 Å². The molecule has 5 heteroatoms. The van der Waals surface area contributed by atoms with Crippen molar-refractivity contribution in [3.63, 3.8) is 0 Å². The van der Waals surface area contributed by atoms with Gasteiger partial charge >= 0.3 is 0 Å². The molecule has 2 aromatic carbocycles. The molecule has 144 valence electrons. The van der Waals surface area contributed by atoms with Gasteiger partial charge in [-0.1, -0.05) is 6.07 Å². The minimum absolute atomic E-state index is 0.210. The number of rotatable bonds is 6. The Kier molecular flexibility index (Phi) is 5.59. The molecule has 1 N–H and O–H groups in total. The Balaban J connectivity index is 1.22. The van der Waals surface area contributed by atoms with Gasteiger partial charge in [-0.3, -0.25) is 0 Å². The van der Waals surface area contributed by atoms with Crippen molar-refractivity contribution in [3.8, 4) is 11.8 Å². The van der Waals surface area contributed by atoms with Crippen LogP contribution >= 0.6 is 0 Å². The molecule has 0 saturated carbocycles. The number of aromatic amines is 1. The first-order valence-corrected chi connectivity index (χ1v) is 9.86. The SMILES string of the molecule is N#Cc1c[nH]c2ccc(CCCN3CCC(Oc4ccc(F)cc4)CC3)cc12. The first-order chi connectivity index (χ1) is 13.7. The van der Waals surface area contributed by atoms with E-state index < -0.39 is 0 Å². The van der Waals surface area contributed by atoms with Crippen LogP contribution in [0.25, 0.3) is 10.9 Å². The van der Waals surface area contributed by atoms with E-state index in [0.29, 0.717) is 5.56 Å². The quantitative estimate of drug-likeness (QED) is 0.680. The van der Waals surface area contributed by atoms with Gasteiger partial charge in [0.25, 0.3) is 0 Å². The molecule has 3 aromatic rings. The molecule has 28 heavy (non-hydrogen) atoms. The van der Waals surface area contributed by atoms with Gasteiger partial charge in [0.05, 0.1) is 5.56 Å². The second-order valence-electron chi connectivity index (χ2n) is 7.41. The monoisotopic (exact) mass is 377 g/mol. The zero-order valence-corrected chi connectivity index (χ0v) is 15.8. The third-order valence-corrected chi connectivity index (χ3v) is 5.46. The van der Waals surface area contributed by atoms with Crippen LogP contribution in [0.2, 0.25) is 0 Å². The van der Waals surface area contributed by atoms with Crippen molar-refractivity contribution in [1.29, 1.82) is 5.26 Å². The van der Waals surface area contributed by atoms with E-state index in [4.69, 9.17) is 4.74 Å². The van der Waals surface area contributed by atoms with Gasteiger partial charge < -0.3 is 14.6 Å². The summed E-state index contributed by atoms with van der Waals surface area (Å²) >= 11 is 0. The van der Waals surface area contributed by atoms with Gasteiger partial charge in [0.15, 0.2) is 0 Å². The highest BCUT2D eigenvalue weighted by molar-refractivity contribution is 5.86. The average Bonchev–Trinajstić information content (AvgIpc) is 3.13. The van der Waals surface area contributed by atoms with E-state index in [1.54, 1.807) is 18.3 Å². The van der Waals surface area contributed by atoms with Gasteiger partial charge in [0, 0.05) is 30.2 Å². The van der Waals surface area contributed by atoms with Crippen LogP contribution in [0.4, 0.5) is 4.39 Å². The number of H-pyrrole nitrogens is 1. The average molecular weight is 377 g/mol. The van der Waals surface area contributed by atoms with Gasteiger partial charge in [0.1, 0.15) is 23.7 Å². The number of benzene rings is 2. The maximum Gasteiger partial charge on any atom is 0.123 e. The molecule has 2 heterocycles. The molecule has 0 unspecified atom stereocenters. The summed E-state index contributed by atoms with van der Waals surface area (Å²) in [6, 6.07) is 14.8. The van der Waals surface area contributed by atoms with Crippen LogP contribution in [-0.4, -0.2) is 35.6 Å². The summed E-state index contributed by atoms with van der Waals surface area (Å²) < 4.78 is 18.9. The van der Waals surface area contributed by atoms with Crippen molar-refractivity contribution in [2.45, 2.75) is 31.8 Å². The maximum atomic E-state index is 13.0. The summed E-state index contributed by atoms with van der Waals surface area (Å²) in [5.41, 5.74) is 3.00. The van der Waals surface area contributed by atoms with Crippen LogP contribution in [0.1, 0.15) is 30.4 Å². The summed E-state index contributed by atoms with van der Waals surface area (Å²) in [5.74, 6) is 0.512. The number of likely N-dealkylation sites (tertiary alicyclic amines) is 1. The number of nitrogens with one attached hydrogen (secondary N) is 1. The summed E-state index contributed by atoms with van der Waals surface area (Å²) in [7, 11) is 0. The van der Waals surface area contributed by atoms with Crippen LogP contribution < -0.4 is 4.74 Å². The van der Waals surface area contributed by atoms with Crippen LogP contribution in [0.5, 0.6) is 5.75 Å². The topological polar surface area (TPSA) is 52.0 Å². The number of nitriles is 1. The second-order valence-corrected chi connectivity index (χ2v) is 7.41. The van der Waals surface area contributed by atoms with E-state index in [0.717, 1.165) is 62.0 Å². The number of nitrogens with zero attached hydrogens (tertiary/aromatic N) is 2. The molecule has 0 spiro atoms. The molecule has 1 aromatic heterocycles. The molecular formula is C23H24FN3O. The fraction of sp³-hybridized carbons (Fsp3) is 0.348. The molecule has 1 aliphatic heterocycles. The van der Waals surface area contributed by atoms with Gasteiger partial charge in [-0.2, -0.15) is 5.26 Å².